The maximum atomic E-state index is 12.4. The van der Waals surface area contributed by atoms with Crippen LogP contribution in [-0.2, 0) is 9.84 Å². The average molecular weight is 321 g/mol. The van der Waals surface area contributed by atoms with Gasteiger partial charge < -0.3 is 5.32 Å². The van der Waals surface area contributed by atoms with Gasteiger partial charge in [0.1, 0.15) is 0 Å². The topological polar surface area (TPSA) is 46.2 Å². The van der Waals surface area contributed by atoms with Gasteiger partial charge in [0.05, 0.1) is 4.90 Å². The van der Waals surface area contributed by atoms with Crippen molar-refractivity contribution in [1.29, 1.82) is 0 Å². The van der Waals surface area contributed by atoms with Crippen LogP contribution in [0.5, 0.6) is 0 Å². The van der Waals surface area contributed by atoms with Crippen LogP contribution in [0.1, 0.15) is 32.6 Å². The molecule has 1 aromatic rings. The lowest BCUT2D eigenvalue weighted by Gasteiger charge is -2.41. The molecule has 1 fully saturated rings. The van der Waals surface area contributed by atoms with Crippen molar-refractivity contribution in [1.82, 2.24) is 0 Å². The molecule has 3 nitrogen and oxygen atoms in total. The monoisotopic (exact) mass is 321 g/mol. The van der Waals surface area contributed by atoms with E-state index in [2.05, 4.69) is 12.2 Å². The average Bonchev–Trinajstić information content (AvgIpc) is 2.37. The first-order valence-electron chi connectivity index (χ1n) is 6.85. The molecule has 0 aromatic heterocycles. The smallest absolute Gasteiger partial charge is 0.384 e. The zero-order valence-corrected chi connectivity index (χ0v) is 12.5. The molecule has 0 amide bonds. The lowest BCUT2D eigenvalue weighted by molar-refractivity contribution is -0.0436. The number of benzene rings is 1. The van der Waals surface area contributed by atoms with Gasteiger partial charge in [0, 0.05) is 12.2 Å². The summed E-state index contributed by atoms with van der Waals surface area (Å²) in [6.07, 6.45) is 4.56. The zero-order chi connectivity index (χ0) is 15.7. The molecule has 1 aliphatic rings. The van der Waals surface area contributed by atoms with Crippen molar-refractivity contribution in [3.8, 4) is 0 Å². The van der Waals surface area contributed by atoms with Gasteiger partial charge in [-0.1, -0.05) is 13.3 Å². The van der Waals surface area contributed by atoms with E-state index in [1.54, 1.807) is 0 Å². The molecule has 0 heterocycles. The minimum atomic E-state index is -5.26. The van der Waals surface area contributed by atoms with E-state index in [1.165, 1.54) is 18.6 Å². The number of hydrogen-bond acceptors (Lipinski definition) is 3. The first-order chi connectivity index (χ1) is 9.70. The summed E-state index contributed by atoms with van der Waals surface area (Å²) in [7, 11) is -5.26. The van der Waals surface area contributed by atoms with Gasteiger partial charge >= 0.3 is 5.51 Å². The largest absolute Gasteiger partial charge is 0.501 e. The van der Waals surface area contributed by atoms with Gasteiger partial charge in [-0.2, -0.15) is 13.2 Å². The molecule has 7 heteroatoms. The Bertz CT molecular complexity index is 584. The Hall–Kier alpha value is -1.24. The molecule has 1 saturated carbocycles. The van der Waals surface area contributed by atoms with Crippen LogP contribution in [0.25, 0.3) is 0 Å². The number of sulfone groups is 1. The first-order valence-corrected chi connectivity index (χ1v) is 8.34. The third-order valence-electron chi connectivity index (χ3n) is 4.30. The van der Waals surface area contributed by atoms with Crippen molar-refractivity contribution in [2.75, 3.05) is 11.9 Å². The summed E-state index contributed by atoms with van der Waals surface area (Å²) in [5, 5.41) is 3.18. The van der Waals surface area contributed by atoms with Crippen molar-refractivity contribution in [2.45, 2.75) is 43.0 Å². The van der Waals surface area contributed by atoms with E-state index in [9.17, 15) is 21.6 Å². The third kappa shape index (κ3) is 3.17. The molecule has 0 unspecified atom stereocenters. The maximum absolute atomic E-state index is 12.4. The molecule has 1 N–H and O–H groups in total. The SMILES string of the molecule is CCC1(CNc2ccc(S(=O)(=O)C(F)(F)F)cc2)CCC1. The fourth-order valence-electron chi connectivity index (χ4n) is 2.51. The summed E-state index contributed by atoms with van der Waals surface area (Å²) in [6.45, 7) is 2.88. The highest BCUT2D eigenvalue weighted by molar-refractivity contribution is 7.92. The number of alkyl halides is 3. The Kier molecular flexibility index (Phi) is 4.24. The summed E-state index contributed by atoms with van der Waals surface area (Å²) < 4.78 is 59.7. The molecular formula is C14H18F3NO2S. The van der Waals surface area contributed by atoms with Crippen molar-refractivity contribution in [3.05, 3.63) is 24.3 Å². The third-order valence-corrected chi connectivity index (χ3v) is 5.80. The summed E-state index contributed by atoms with van der Waals surface area (Å²) in [4.78, 5) is -0.727. The van der Waals surface area contributed by atoms with Crippen LogP contribution >= 0.6 is 0 Å². The number of halogens is 3. The fraction of sp³-hybridized carbons (Fsp3) is 0.571. The van der Waals surface area contributed by atoms with Crippen LogP contribution < -0.4 is 5.32 Å². The summed E-state index contributed by atoms with van der Waals surface area (Å²) >= 11 is 0. The number of hydrogen-bond donors (Lipinski definition) is 1. The molecule has 21 heavy (non-hydrogen) atoms. The molecule has 0 atom stereocenters. The van der Waals surface area contributed by atoms with Crippen LogP contribution in [0.3, 0.4) is 0 Å². The molecule has 0 saturated heterocycles. The minimum absolute atomic E-state index is 0.275. The Morgan fingerprint density at radius 3 is 2.14 bits per heavy atom. The molecule has 1 aromatic carbocycles. The van der Waals surface area contributed by atoms with E-state index >= 15 is 0 Å². The van der Waals surface area contributed by atoms with Crippen LogP contribution in [-0.4, -0.2) is 20.5 Å². The van der Waals surface area contributed by atoms with Gasteiger partial charge in [0.25, 0.3) is 9.84 Å². The van der Waals surface area contributed by atoms with Gasteiger partial charge in [-0.3, -0.25) is 0 Å². The van der Waals surface area contributed by atoms with Crippen LogP contribution in [0, 0.1) is 5.41 Å². The van der Waals surface area contributed by atoms with Crippen LogP contribution in [0.15, 0.2) is 29.2 Å². The lowest BCUT2D eigenvalue weighted by Crippen LogP contribution is -2.35. The molecule has 1 aliphatic carbocycles. The van der Waals surface area contributed by atoms with E-state index in [-0.39, 0.29) is 5.41 Å². The van der Waals surface area contributed by atoms with E-state index in [0.717, 1.165) is 37.9 Å². The second-order valence-electron chi connectivity index (χ2n) is 5.53. The second kappa shape index (κ2) is 5.51. The molecule has 0 spiro atoms. The zero-order valence-electron chi connectivity index (χ0n) is 11.7. The quantitative estimate of drug-likeness (QED) is 0.892. The molecule has 0 aliphatic heterocycles. The molecule has 118 valence electrons. The molecule has 0 radical (unpaired) electrons. The Morgan fingerprint density at radius 2 is 1.76 bits per heavy atom. The lowest BCUT2D eigenvalue weighted by atomic mass is 9.67. The van der Waals surface area contributed by atoms with Crippen LogP contribution in [0.2, 0.25) is 0 Å². The minimum Gasteiger partial charge on any atom is -0.384 e. The van der Waals surface area contributed by atoms with Crippen molar-refractivity contribution >= 4 is 15.5 Å². The Balaban J connectivity index is 2.06. The van der Waals surface area contributed by atoms with Crippen molar-refractivity contribution in [3.63, 3.8) is 0 Å². The van der Waals surface area contributed by atoms with E-state index in [4.69, 9.17) is 0 Å². The predicted molar refractivity (Wildman–Crippen MR) is 74.7 cm³/mol. The van der Waals surface area contributed by atoms with E-state index in [0.29, 0.717) is 5.69 Å². The standard InChI is InChI=1S/C14H18F3NO2S/c1-2-13(8-3-9-13)10-18-11-4-6-12(7-5-11)21(19,20)14(15,16)17/h4-7,18H,2-3,8-10H2,1H3. The van der Waals surface area contributed by atoms with Crippen LogP contribution in [0.4, 0.5) is 18.9 Å². The van der Waals surface area contributed by atoms with Gasteiger partial charge in [0.15, 0.2) is 0 Å². The Labute approximate surface area is 122 Å². The van der Waals surface area contributed by atoms with Gasteiger partial charge in [-0.15, -0.1) is 0 Å². The number of rotatable bonds is 5. The van der Waals surface area contributed by atoms with Crippen molar-refractivity contribution in [2.24, 2.45) is 5.41 Å². The second-order valence-corrected chi connectivity index (χ2v) is 7.48. The fourth-order valence-corrected chi connectivity index (χ4v) is 3.27. The molecule has 2 rings (SSSR count). The van der Waals surface area contributed by atoms with E-state index < -0.39 is 20.2 Å². The number of anilines is 1. The predicted octanol–water partition coefficient (Wildman–Crippen LogP) is 3.97. The highest BCUT2D eigenvalue weighted by Crippen LogP contribution is 2.43. The van der Waals surface area contributed by atoms with Gasteiger partial charge in [-0.05, 0) is 48.9 Å². The maximum Gasteiger partial charge on any atom is 0.501 e. The highest BCUT2D eigenvalue weighted by Gasteiger charge is 2.46. The van der Waals surface area contributed by atoms with Gasteiger partial charge in [-0.25, -0.2) is 8.42 Å². The van der Waals surface area contributed by atoms with Gasteiger partial charge in [0.2, 0.25) is 0 Å². The molecular weight excluding hydrogens is 303 g/mol. The molecule has 0 bridgehead atoms. The Morgan fingerprint density at radius 1 is 1.19 bits per heavy atom. The van der Waals surface area contributed by atoms with E-state index in [1.807, 2.05) is 0 Å². The summed E-state index contributed by atoms with van der Waals surface area (Å²) in [5.41, 5.74) is -4.35. The first kappa shape index (κ1) is 16.1. The highest BCUT2D eigenvalue weighted by atomic mass is 32.2. The summed E-state index contributed by atoms with van der Waals surface area (Å²) in [5.74, 6) is 0. The number of nitrogens with one attached hydrogen (secondary N) is 1. The van der Waals surface area contributed by atoms with Crippen molar-refractivity contribution < 1.29 is 21.6 Å². The summed E-state index contributed by atoms with van der Waals surface area (Å²) in [6, 6.07) is 4.73. The normalized spacial score (nSPS) is 18.1.